The van der Waals surface area contributed by atoms with E-state index < -0.39 is 11.7 Å². The van der Waals surface area contributed by atoms with Crippen LogP contribution in [0.4, 0.5) is 20.5 Å². The number of aromatic nitrogens is 6. The van der Waals surface area contributed by atoms with E-state index in [-0.39, 0.29) is 17.4 Å². The zero-order chi connectivity index (χ0) is 22.2. The molecule has 31 heavy (non-hydrogen) atoms. The van der Waals surface area contributed by atoms with Gasteiger partial charge in [0.2, 0.25) is 17.7 Å². The van der Waals surface area contributed by atoms with E-state index in [1.165, 1.54) is 19.3 Å². The molecule has 4 aromatic heterocycles. The highest BCUT2D eigenvalue weighted by molar-refractivity contribution is 5.91. The minimum absolute atomic E-state index is 0.231. The van der Waals surface area contributed by atoms with E-state index in [4.69, 9.17) is 0 Å². The summed E-state index contributed by atoms with van der Waals surface area (Å²) in [6, 6.07) is 4.99. The molecule has 0 aliphatic rings. The van der Waals surface area contributed by atoms with Crippen molar-refractivity contribution in [2.75, 3.05) is 17.7 Å². The lowest BCUT2D eigenvalue weighted by Crippen LogP contribution is -2.15. The van der Waals surface area contributed by atoms with Crippen LogP contribution < -0.4 is 10.6 Å². The Labute approximate surface area is 175 Å². The van der Waals surface area contributed by atoms with Crippen LogP contribution in [-0.2, 0) is 10.7 Å². The highest BCUT2D eigenvalue weighted by Crippen LogP contribution is 2.29. The minimum atomic E-state index is -3.26. The van der Waals surface area contributed by atoms with Gasteiger partial charge in [0, 0.05) is 68.8 Å². The van der Waals surface area contributed by atoms with Gasteiger partial charge < -0.3 is 15.2 Å². The molecule has 2 N–H and O–H groups in total. The molecule has 0 bridgehead atoms. The Morgan fingerprint density at radius 3 is 2.48 bits per heavy atom. The summed E-state index contributed by atoms with van der Waals surface area (Å²) in [5.41, 5.74) is 1.35. The fraction of sp³-hybridized carbons (Fsp3) is 0.200. The van der Waals surface area contributed by atoms with Crippen molar-refractivity contribution in [3.63, 3.8) is 0 Å². The van der Waals surface area contributed by atoms with Crippen LogP contribution in [0.5, 0.6) is 0 Å². The summed E-state index contributed by atoms with van der Waals surface area (Å²) in [5.74, 6) is -3.19. The summed E-state index contributed by atoms with van der Waals surface area (Å²) in [7, 11) is 1.68. The third-order valence-electron chi connectivity index (χ3n) is 4.40. The molecule has 0 unspecified atom stereocenters. The molecule has 0 aliphatic carbocycles. The standard InChI is InChI=1S/C20H18F2N8O/c1-11(31)27-16-7-15-12(8-24-16)4-5-30(15)17-6-14(28-18(29-17)20(2,21)22)13-9-25-19(23-3)26-10-13/h4-10H,1-3H3,(H,23,25,26)(H,24,27,31). The zero-order valence-electron chi connectivity index (χ0n) is 16.9. The van der Waals surface area contributed by atoms with Gasteiger partial charge >= 0.3 is 5.92 Å². The maximum absolute atomic E-state index is 14.2. The number of fused-ring (bicyclic) bond motifs is 1. The molecule has 1 amide bonds. The van der Waals surface area contributed by atoms with Gasteiger partial charge in [-0.25, -0.2) is 24.9 Å². The van der Waals surface area contributed by atoms with Gasteiger partial charge in [-0.3, -0.25) is 4.79 Å². The van der Waals surface area contributed by atoms with Crippen LogP contribution in [0.15, 0.2) is 43.0 Å². The van der Waals surface area contributed by atoms with Crippen LogP contribution >= 0.6 is 0 Å². The van der Waals surface area contributed by atoms with Crippen molar-refractivity contribution >= 4 is 28.6 Å². The number of rotatable bonds is 5. The first-order valence-corrected chi connectivity index (χ1v) is 9.27. The number of carbonyl (C=O) groups excluding carboxylic acids is 1. The Morgan fingerprint density at radius 2 is 1.84 bits per heavy atom. The number of nitrogens with one attached hydrogen (secondary N) is 2. The van der Waals surface area contributed by atoms with Crippen molar-refractivity contribution in [1.82, 2.24) is 29.5 Å². The Morgan fingerprint density at radius 1 is 1.10 bits per heavy atom. The second-order valence-electron chi connectivity index (χ2n) is 6.86. The first kappa shape index (κ1) is 20.3. The van der Waals surface area contributed by atoms with Crippen molar-refractivity contribution in [3.8, 4) is 17.1 Å². The number of anilines is 2. The number of nitrogens with zero attached hydrogens (tertiary/aromatic N) is 6. The lowest BCUT2D eigenvalue weighted by Gasteiger charge is -2.14. The molecule has 0 atom stereocenters. The average Bonchev–Trinajstić information content (AvgIpc) is 3.15. The highest BCUT2D eigenvalue weighted by Gasteiger charge is 2.30. The summed E-state index contributed by atoms with van der Waals surface area (Å²) >= 11 is 0. The molecule has 0 radical (unpaired) electrons. The molecule has 0 fully saturated rings. The molecule has 9 nitrogen and oxygen atoms in total. The van der Waals surface area contributed by atoms with Gasteiger partial charge in [0.1, 0.15) is 11.6 Å². The predicted octanol–water partition coefficient (Wildman–Crippen LogP) is 3.38. The number of pyridine rings is 1. The van der Waals surface area contributed by atoms with Gasteiger partial charge in [0.25, 0.3) is 0 Å². The molecule has 0 saturated carbocycles. The lowest BCUT2D eigenvalue weighted by atomic mass is 10.2. The van der Waals surface area contributed by atoms with Gasteiger partial charge in [-0.05, 0) is 6.07 Å². The number of hydrogen-bond acceptors (Lipinski definition) is 7. The molecular weight excluding hydrogens is 406 g/mol. The number of amides is 1. The molecule has 11 heteroatoms. The molecule has 4 heterocycles. The van der Waals surface area contributed by atoms with Crippen molar-refractivity contribution in [3.05, 3.63) is 48.8 Å². The first-order valence-electron chi connectivity index (χ1n) is 9.27. The van der Waals surface area contributed by atoms with Crippen LogP contribution in [0.25, 0.3) is 28.0 Å². The van der Waals surface area contributed by atoms with Gasteiger partial charge in [0.05, 0.1) is 11.2 Å². The smallest absolute Gasteiger partial charge is 0.303 e. The van der Waals surface area contributed by atoms with Gasteiger partial charge in [-0.2, -0.15) is 8.78 Å². The van der Waals surface area contributed by atoms with E-state index in [2.05, 4.69) is 35.6 Å². The largest absolute Gasteiger partial charge is 0.357 e. The van der Waals surface area contributed by atoms with E-state index in [9.17, 15) is 13.6 Å². The number of hydrogen-bond donors (Lipinski definition) is 2. The van der Waals surface area contributed by atoms with Gasteiger partial charge in [0.15, 0.2) is 0 Å². The Hall–Kier alpha value is -4.02. The van der Waals surface area contributed by atoms with E-state index >= 15 is 0 Å². The molecule has 158 valence electrons. The fourth-order valence-corrected chi connectivity index (χ4v) is 2.97. The maximum Gasteiger partial charge on any atom is 0.303 e. The van der Waals surface area contributed by atoms with Crippen LogP contribution in [-0.4, -0.2) is 42.4 Å². The van der Waals surface area contributed by atoms with Crippen LogP contribution in [0.3, 0.4) is 0 Å². The predicted molar refractivity (Wildman–Crippen MR) is 111 cm³/mol. The van der Waals surface area contributed by atoms with Crippen molar-refractivity contribution < 1.29 is 13.6 Å². The Bertz CT molecular complexity index is 1260. The third-order valence-corrected chi connectivity index (χ3v) is 4.40. The van der Waals surface area contributed by atoms with E-state index in [0.717, 1.165) is 12.3 Å². The topological polar surface area (TPSA) is 111 Å². The molecule has 4 rings (SSSR count). The minimum Gasteiger partial charge on any atom is -0.357 e. The summed E-state index contributed by atoms with van der Waals surface area (Å²) in [5, 5.41) is 6.16. The average molecular weight is 424 g/mol. The number of carbonyl (C=O) groups is 1. The second kappa shape index (κ2) is 7.67. The van der Waals surface area contributed by atoms with E-state index in [1.807, 2.05) is 0 Å². The molecule has 0 aliphatic heterocycles. The van der Waals surface area contributed by atoms with E-state index in [1.54, 1.807) is 42.2 Å². The van der Waals surface area contributed by atoms with Crippen molar-refractivity contribution in [1.29, 1.82) is 0 Å². The van der Waals surface area contributed by atoms with Crippen molar-refractivity contribution in [2.24, 2.45) is 0 Å². The maximum atomic E-state index is 14.2. The molecule has 4 aromatic rings. The molecule has 0 spiro atoms. The summed E-state index contributed by atoms with van der Waals surface area (Å²) in [6.07, 6.45) is 6.26. The van der Waals surface area contributed by atoms with Crippen LogP contribution in [0, 0.1) is 0 Å². The van der Waals surface area contributed by atoms with E-state index in [0.29, 0.717) is 22.8 Å². The van der Waals surface area contributed by atoms with Crippen LogP contribution in [0.2, 0.25) is 0 Å². The number of halogens is 2. The normalized spacial score (nSPS) is 11.5. The van der Waals surface area contributed by atoms with Crippen LogP contribution in [0.1, 0.15) is 19.7 Å². The Balaban J connectivity index is 1.88. The second-order valence-corrected chi connectivity index (χ2v) is 6.86. The fourth-order valence-electron chi connectivity index (χ4n) is 2.97. The Kier molecular flexibility index (Phi) is 5.01. The molecule has 0 aromatic carbocycles. The van der Waals surface area contributed by atoms with Gasteiger partial charge in [-0.1, -0.05) is 0 Å². The highest BCUT2D eigenvalue weighted by atomic mass is 19.3. The zero-order valence-corrected chi connectivity index (χ0v) is 16.9. The van der Waals surface area contributed by atoms with Crippen molar-refractivity contribution in [2.45, 2.75) is 19.8 Å². The van der Waals surface area contributed by atoms with Gasteiger partial charge in [-0.15, -0.1) is 0 Å². The quantitative estimate of drug-likeness (QED) is 0.505. The first-order chi connectivity index (χ1) is 14.7. The number of alkyl halides is 2. The third kappa shape index (κ3) is 4.15. The SMILES string of the molecule is CNc1ncc(-c2cc(-n3ccc4cnc(NC(C)=O)cc43)nc(C(C)(F)F)n2)cn1. The summed E-state index contributed by atoms with van der Waals surface area (Å²) in [6.45, 7) is 2.11. The monoisotopic (exact) mass is 424 g/mol. The summed E-state index contributed by atoms with van der Waals surface area (Å²) in [4.78, 5) is 31.9. The lowest BCUT2D eigenvalue weighted by molar-refractivity contribution is -0.114. The molecular formula is C20H18F2N8O. The molecule has 0 saturated heterocycles. The summed E-state index contributed by atoms with van der Waals surface area (Å²) < 4.78 is 30.0.